The first-order chi connectivity index (χ1) is 37.8. The van der Waals surface area contributed by atoms with Gasteiger partial charge in [0.2, 0.25) is 11.8 Å². The van der Waals surface area contributed by atoms with Crippen LogP contribution in [0.15, 0.2) is 72.8 Å². The predicted octanol–water partition coefficient (Wildman–Crippen LogP) is 10.8. The van der Waals surface area contributed by atoms with Gasteiger partial charge in [-0.1, -0.05) is 88.9 Å². The number of H-pyrrole nitrogens is 2. The number of nitrogens with one attached hydrogen (secondary N) is 4. The molecule has 0 saturated carbocycles. The first-order valence-electron chi connectivity index (χ1n) is 28.2. The number of carbonyl (C=O) groups is 4. The summed E-state index contributed by atoms with van der Waals surface area (Å²) in [5.74, 6) is -0.336. The number of rotatable bonds is 14. The highest BCUT2D eigenvalue weighted by atomic mass is 28.3. The van der Waals surface area contributed by atoms with E-state index in [0.29, 0.717) is 86.1 Å². The van der Waals surface area contributed by atoms with Gasteiger partial charge in [-0.2, -0.15) is 0 Å². The zero-order valence-electron chi connectivity index (χ0n) is 47.0. The van der Waals surface area contributed by atoms with Crippen LogP contribution in [0.4, 0.5) is 29.7 Å². The summed E-state index contributed by atoms with van der Waals surface area (Å²) < 4.78 is 43.7. The molecule has 4 aliphatic rings. The van der Waals surface area contributed by atoms with E-state index in [9.17, 15) is 19.2 Å². The van der Waals surface area contributed by atoms with E-state index in [0.717, 1.165) is 47.8 Å². The van der Waals surface area contributed by atoms with Gasteiger partial charge >= 0.3 is 12.2 Å². The van der Waals surface area contributed by atoms with E-state index in [4.69, 9.17) is 19.4 Å². The quantitative estimate of drug-likeness (QED) is 0.0767. The molecule has 0 bridgehead atoms. The minimum Gasteiger partial charge on any atom is -0.453 e. The number of nitrogens with zero attached hydrogens (tertiary/aromatic N) is 6. The molecule has 2 aromatic heterocycles. The van der Waals surface area contributed by atoms with Crippen LogP contribution in [0.1, 0.15) is 137 Å². The number of benzene rings is 4. The van der Waals surface area contributed by atoms with Crippen LogP contribution in [-0.4, -0.2) is 114 Å². The maximum atomic E-state index is 17.0. The van der Waals surface area contributed by atoms with Crippen LogP contribution >= 0.6 is 0 Å². The van der Waals surface area contributed by atoms with Crippen molar-refractivity contribution < 1.29 is 37.4 Å². The first kappa shape index (κ1) is 55.3. The molecule has 10 rings (SSSR count). The number of likely N-dealkylation sites (tertiary alicyclic amines) is 2. The number of aromatic nitrogens is 4. The number of piperidine rings is 1. The molecule has 4 aromatic carbocycles. The molecule has 0 spiro atoms. The Morgan fingerprint density at radius 3 is 1.53 bits per heavy atom. The van der Waals surface area contributed by atoms with Gasteiger partial charge in [0, 0.05) is 31.9 Å². The second kappa shape index (κ2) is 22.6. The minimum absolute atomic E-state index is 0.00162. The maximum absolute atomic E-state index is 17.0. The highest BCUT2D eigenvalue weighted by molar-refractivity contribution is 6.88. The van der Waals surface area contributed by atoms with E-state index in [-0.39, 0.29) is 53.5 Å². The lowest BCUT2D eigenvalue weighted by Gasteiger charge is -2.36. The van der Waals surface area contributed by atoms with E-state index in [1.165, 1.54) is 37.1 Å². The van der Waals surface area contributed by atoms with Crippen molar-refractivity contribution in [2.45, 2.75) is 141 Å². The minimum atomic E-state index is -1.52. The van der Waals surface area contributed by atoms with Gasteiger partial charge in [0.25, 0.3) is 0 Å². The zero-order valence-corrected chi connectivity index (χ0v) is 48.0. The fourth-order valence-electron chi connectivity index (χ4n) is 12.7. The lowest BCUT2D eigenvalue weighted by Crippen LogP contribution is -2.51. The topological polar surface area (TPSA) is 181 Å². The van der Waals surface area contributed by atoms with Crippen LogP contribution in [0.3, 0.4) is 0 Å². The molecule has 0 aliphatic carbocycles. The normalized spacial score (nSPS) is 20.9. The largest absolute Gasteiger partial charge is 0.453 e. The number of anilines is 2. The molecule has 4 aliphatic heterocycles. The van der Waals surface area contributed by atoms with Crippen LogP contribution in [0.5, 0.6) is 0 Å². The number of fused-ring (bicyclic) bond motifs is 2. The molecule has 6 heterocycles. The van der Waals surface area contributed by atoms with Gasteiger partial charge in [-0.15, -0.1) is 0 Å². The number of methoxy groups -OCH3 is 2. The Labute approximate surface area is 462 Å². The van der Waals surface area contributed by atoms with Crippen molar-refractivity contribution in [2.75, 3.05) is 50.2 Å². The fraction of sp³-hybridized carbons (Fsp3) is 0.500. The lowest BCUT2D eigenvalue weighted by molar-refractivity contribution is -0.136. The molecule has 6 atom stereocenters. The van der Waals surface area contributed by atoms with Gasteiger partial charge in [-0.05, 0) is 122 Å². The number of hydrogen-bond acceptors (Lipinski definition) is 10. The number of alkyl carbamates (subject to hydrolysis) is 2. The van der Waals surface area contributed by atoms with Gasteiger partial charge in [-0.3, -0.25) is 9.59 Å². The van der Waals surface area contributed by atoms with Crippen molar-refractivity contribution in [3.8, 4) is 0 Å². The third-order valence-electron chi connectivity index (χ3n) is 17.0. The number of halogens is 2. The second-order valence-corrected chi connectivity index (χ2v) is 28.9. The molecule has 4 saturated heterocycles. The van der Waals surface area contributed by atoms with Crippen LogP contribution in [0.2, 0.25) is 19.6 Å². The standard InChI is InChI=1S/C60H76F2N10O6Si/c1-34(2)52(67-59(75)77-5)57(73)70-25-11-15-50(70)55-63-44-19-17-38(30-46(44)65-55)48-21-22-49(39-18-20-45-47(31-39)66-56(64-45)51-16-12-26-71(51)58(74)53(35(3)4)68-60(76)78-6)72(48)40-32-42(61)54(43(62)33-40)69-27-23-36(24-28-69)37-13-10-14-41(29-37)79(7,8)9/h10,13-14,17-20,29-36,48-53H,11-12,15-16,21-28H2,1-9H3,(H,63,65)(H,64,66)(H,67,75)(H,68,76)/t48-,49-,50+,51+,52+,53+/m1/s1. The van der Waals surface area contributed by atoms with E-state index < -0.39 is 44.0 Å². The van der Waals surface area contributed by atoms with Crippen molar-refractivity contribution in [1.29, 1.82) is 0 Å². The Bertz CT molecular complexity index is 3070. The third-order valence-corrected chi connectivity index (χ3v) is 19.1. The Balaban J connectivity index is 0.962. The molecular weight excluding hydrogens is 1020 g/mol. The number of imidazole rings is 2. The van der Waals surface area contributed by atoms with Crippen molar-refractivity contribution in [1.82, 2.24) is 40.4 Å². The Morgan fingerprint density at radius 2 is 1.09 bits per heavy atom. The summed E-state index contributed by atoms with van der Waals surface area (Å²) in [7, 11) is 1.04. The van der Waals surface area contributed by atoms with Gasteiger partial charge < -0.3 is 49.7 Å². The van der Waals surface area contributed by atoms with Crippen LogP contribution in [-0.2, 0) is 19.1 Å². The van der Waals surface area contributed by atoms with Gasteiger partial charge in [0.05, 0.1) is 68.5 Å². The monoisotopic (exact) mass is 1100 g/mol. The Kier molecular flexibility index (Phi) is 15.8. The van der Waals surface area contributed by atoms with Gasteiger partial charge in [0.15, 0.2) is 11.6 Å². The SMILES string of the molecule is COC(=O)N[C@H](C(=O)N1CCC[C@H]1c1nc2cc([C@H]3CC[C@H](c4ccc5[nH]c([C@@H]6CCCN6C(=O)[C@@H](NC(=O)OC)C(C)C)nc5c4)N3c3cc(F)c(N4CCC(c5cccc([Si](C)(C)C)c5)CC4)c(F)c3)ccc2[nH]1)C(C)C. The highest BCUT2D eigenvalue weighted by Crippen LogP contribution is 2.49. The molecular formula is C60H76F2N10O6Si. The average Bonchev–Trinajstić information content (AvgIpc) is 4.48. The summed E-state index contributed by atoms with van der Waals surface area (Å²) >= 11 is 0. The summed E-state index contributed by atoms with van der Waals surface area (Å²) in [6, 6.07) is 21.3. The van der Waals surface area contributed by atoms with Crippen molar-refractivity contribution >= 4 is 70.7 Å². The summed E-state index contributed by atoms with van der Waals surface area (Å²) in [5, 5.41) is 6.86. The van der Waals surface area contributed by atoms with E-state index in [2.05, 4.69) is 69.4 Å². The van der Waals surface area contributed by atoms with Crippen molar-refractivity contribution in [2.24, 2.45) is 11.8 Å². The predicted molar refractivity (Wildman–Crippen MR) is 305 cm³/mol. The smallest absolute Gasteiger partial charge is 0.407 e. The summed E-state index contributed by atoms with van der Waals surface area (Å²) in [4.78, 5) is 77.3. The molecule has 4 amide bonds. The molecule has 0 radical (unpaired) electrons. The Hall–Kier alpha value is -7.02. The first-order valence-corrected chi connectivity index (χ1v) is 31.7. The van der Waals surface area contributed by atoms with Gasteiger partial charge in [0.1, 0.15) is 29.4 Å². The van der Waals surface area contributed by atoms with Crippen LogP contribution in [0.25, 0.3) is 22.1 Å². The van der Waals surface area contributed by atoms with Crippen molar-refractivity contribution in [3.63, 3.8) is 0 Å². The molecule has 6 aromatic rings. The second-order valence-electron chi connectivity index (χ2n) is 23.8. The van der Waals surface area contributed by atoms with Gasteiger partial charge in [-0.25, -0.2) is 28.3 Å². The zero-order chi connectivity index (χ0) is 56.0. The highest BCUT2D eigenvalue weighted by Gasteiger charge is 2.41. The number of hydrogen-bond donors (Lipinski definition) is 4. The summed E-state index contributed by atoms with van der Waals surface area (Å²) in [5.41, 5.74) is 6.58. The third kappa shape index (κ3) is 11.2. The molecule has 420 valence electrons. The average molecular weight is 1100 g/mol. The number of aromatic amines is 2. The molecule has 4 N–H and O–H groups in total. The molecule has 16 nitrogen and oxygen atoms in total. The van der Waals surface area contributed by atoms with E-state index in [1.54, 1.807) is 9.80 Å². The number of amides is 4. The maximum Gasteiger partial charge on any atom is 0.407 e. The van der Waals surface area contributed by atoms with Crippen LogP contribution < -0.4 is 25.6 Å². The molecule has 0 unspecified atom stereocenters. The fourth-order valence-corrected chi connectivity index (χ4v) is 13.9. The van der Waals surface area contributed by atoms with E-state index >= 15 is 8.78 Å². The Morgan fingerprint density at radius 1 is 0.608 bits per heavy atom. The van der Waals surface area contributed by atoms with E-state index in [1.807, 2.05) is 69.0 Å². The number of ether oxygens (including phenoxy) is 2. The summed E-state index contributed by atoms with van der Waals surface area (Å²) in [6.07, 6.45) is 4.53. The van der Waals surface area contributed by atoms with Crippen molar-refractivity contribution in [3.05, 3.63) is 113 Å². The molecule has 79 heavy (non-hydrogen) atoms. The lowest BCUT2D eigenvalue weighted by atomic mass is 9.89. The van der Waals surface area contributed by atoms with Crippen LogP contribution in [0, 0.1) is 23.5 Å². The summed E-state index contributed by atoms with van der Waals surface area (Å²) in [6.45, 7) is 16.7. The number of carbonyl (C=O) groups excluding carboxylic acids is 4. The molecule has 4 fully saturated rings. The molecule has 19 heteroatoms.